The summed E-state index contributed by atoms with van der Waals surface area (Å²) in [5.41, 5.74) is 1.34. The van der Waals surface area contributed by atoms with Gasteiger partial charge < -0.3 is 15.0 Å². The first-order valence-electron chi connectivity index (χ1n) is 6.21. The molecule has 1 rings (SSSR count). The number of hydrogen-bond acceptors (Lipinski definition) is 4. The number of anilines is 1. The van der Waals surface area contributed by atoms with Crippen molar-refractivity contribution in [1.29, 1.82) is 0 Å². The van der Waals surface area contributed by atoms with Gasteiger partial charge in [0, 0.05) is 26.3 Å². The fraction of sp³-hybridized carbons (Fsp3) is 0.429. The predicted molar refractivity (Wildman–Crippen MR) is 74.3 cm³/mol. The zero-order valence-corrected chi connectivity index (χ0v) is 11.8. The fourth-order valence-corrected chi connectivity index (χ4v) is 1.51. The van der Waals surface area contributed by atoms with Crippen LogP contribution >= 0.6 is 0 Å². The van der Waals surface area contributed by atoms with Crippen LogP contribution in [-0.4, -0.2) is 38.6 Å². The maximum Gasteiger partial charge on any atom is 0.338 e. The summed E-state index contributed by atoms with van der Waals surface area (Å²) in [6.07, 6.45) is -0.796. The van der Waals surface area contributed by atoms with E-state index in [0.717, 1.165) is 5.69 Å². The van der Waals surface area contributed by atoms with Crippen molar-refractivity contribution in [2.24, 2.45) is 0 Å². The quantitative estimate of drug-likeness (QED) is 0.817. The van der Waals surface area contributed by atoms with Crippen LogP contribution in [0.1, 0.15) is 24.2 Å². The topological polar surface area (TPSA) is 58.6 Å². The van der Waals surface area contributed by atoms with E-state index >= 15 is 0 Å². The minimum absolute atomic E-state index is 0.292. The van der Waals surface area contributed by atoms with Gasteiger partial charge >= 0.3 is 5.97 Å². The smallest absolute Gasteiger partial charge is 0.338 e. The second-order valence-corrected chi connectivity index (χ2v) is 4.39. The monoisotopic (exact) mass is 264 g/mol. The van der Waals surface area contributed by atoms with Crippen molar-refractivity contribution in [3.05, 3.63) is 29.8 Å². The summed E-state index contributed by atoms with van der Waals surface area (Å²) < 4.78 is 5.12. The normalized spacial score (nSPS) is 11.6. The van der Waals surface area contributed by atoms with Crippen LogP contribution in [0.2, 0.25) is 0 Å². The van der Waals surface area contributed by atoms with Gasteiger partial charge in [0.2, 0.25) is 0 Å². The van der Waals surface area contributed by atoms with Crippen molar-refractivity contribution in [3.8, 4) is 0 Å². The Bertz CT molecular complexity index is 458. The number of carbonyl (C=O) groups excluding carboxylic acids is 2. The molecule has 0 aromatic heterocycles. The molecule has 0 radical (unpaired) electrons. The Morgan fingerprint density at radius 1 is 1.37 bits per heavy atom. The minimum Gasteiger partial charge on any atom is -0.449 e. The van der Waals surface area contributed by atoms with Crippen LogP contribution in [-0.2, 0) is 9.53 Å². The standard InChI is InChI=1S/C14H20N2O3/c1-5-15-13(17)10(2)19-14(18)11-7-6-8-12(9-11)16(3)4/h6-10H,5H2,1-4H3,(H,15,17)/t10-/m0/s1. The maximum absolute atomic E-state index is 11.9. The highest BCUT2D eigenvalue weighted by atomic mass is 16.5. The number of benzene rings is 1. The Morgan fingerprint density at radius 2 is 2.05 bits per heavy atom. The van der Waals surface area contributed by atoms with Crippen LogP contribution < -0.4 is 10.2 Å². The molecule has 19 heavy (non-hydrogen) atoms. The first kappa shape index (κ1) is 15.0. The molecule has 0 saturated heterocycles. The van der Waals surface area contributed by atoms with Gasteiger partial charge in [-0.1, -0.05) is 6.07 Å². The highest BCUT2D eigenvalue weighted by Crippen LogP contribution is 2.14. The molecule has 0 bridgehead atoms. The summed E-state index contributed by atoms with van der Waals surface area (Å²) in [5, 5.41) is 2.61. The Kier molecular flexibility index (Phi) is 5.36. The summed E-state index contributed by atoms with van der Waals surface area (Å²) >= 11 is 0. The summed E-state index contributed by atoms with van der Waals surface area (Å²) in [6.45, 7) is 3.88. The number of nitrogens with zero attached hydrogens (tertiary/aromatic N) is 1. The Hall–Kier alpha value is -2.04. The number of rotatable bonds is 5. The maximum atomic E-state index is 11.9. The zero-order valence-electron chi connectivity index (χ0n) is 11.8. The molecule has 1 atom stereocenters. The van der Waals surface area contributed by atoms with E-state index in [2.05, 4.69) is 5.32 Å². The van der Waals surface area contributed by atoms with E-state index in [1.54, 1.807) is 25.1 Å². The molecular weight excluding hydrogens is 244 g/mol. The van der Waals surface area contributed by atoms with E-state index in [9.17, 15) is 9.59 Å². The number of esters is 1. The van der Waals surface area contributed by atoms with Crippen LogP contribution in [0.15, 0.2) is 24.3 Å². The Balaban J connectivity index is 2.73. The van der Waals surface area contributed by atoms with Crippen LogP contribution in [0, 0.1) is 0 Å². The number of amides is 1. The van der Waals surface area contributed by atoms with Crippen molar-refractivity contribution < 1.29 is 14.3 Å². The number of nitrogens with one attached hydrogen (secondary N) is 1. The van der Waals surface area contributed by atoms with Gasteiger partial charge in [-0.2, -0.15) is 0 Å². The molecule has 1 aromatic carbocycles. The van der Waals surface area contributed by atoms with Crippen LogP contribution in [0.4, 0.5) is 5.69 Å². The molecule has 0 heterocycles. The molecule has 104 valence electrons. The fourth-order valence-electron chi connectivity index (χ4n) is 1.51. The van der Waals surface area contributed by atoms with E-state index in [0.29, 0.717) is 12.1 Å². The third-order valence-electron chi connectivity index (χ3n) is 2.60. The van der Waals surface area contributed by atoms with Gasteiger partial charge in [-0.05, 0) is 32.0 Å². The largest absolute Gasteiger partial charge is 0.449 e. The molecule has 0 aliphatic heterocycles. The van der Waals surface area contributed by atoms with E-state index < -0.39 is 12.1 Å². The van der Waals surface area contributed by atoms with Gasteiger partial charge in [0.15, 0.2) is 6.10 Å². The summed E-state index contributed by atoms with van der Waals surface area (Å²) in [4.78, 5) is 25.3. The molecule has 1 N–H and O–H groups in total. The summed E-state index contributed by atoms with van der Waals surface area (Å²) in [6, 6.07) is 7.07. The second kappa shape index (κ2) is 6.78. The van der Waals surface area contributed by atoms with Crippen molar-refractivity contribution in [2.75, 3.05) is 25.5 Å². The molecule has 0 unspecified atom stereocenters. The van der Waals surface area contributed by atoms with E-state index in [1.807, 2.05) is 32.0 Å². The molecule has 0 fully saturated rings. The number of likely N-dealkylation sites (N-methyl/N-ethyl adjacent to an activating group) is 1. The molecule has 0 saturated carbocycles. The summed E-state index contributed by atoms with van der Waals surface area (Å²) in [7, 11) is 3.78. The van der Waals surface area contributed by atoms with Crippen molar-refractivity contribution in [1.82, 2.24) is 5.32 Å². The zero-order chi connectivity index (χ0) is 14.4. The first-order valence-corrected chi connectivity index (χ1v) is 6.21. The highest BCUT2D eigenvalue weighted by molar-refractivity contribution is 5.93. The lowest BCUT2D eigenvalue weighted by Gasteiger charge is -2.15. The Morgan fingerprint density at radius 3 is 2.63 bits per heavy atom. The molecular formula is C14H20N2O3. The van der Waals surface area contributed by atoms with Gasteiger partial charge in [-0.3, -0.25) is 4.79 Å². The van der Waals surface area contributed by atoms with Crippen LogP contribution in [0.3, 0.4) is 0 Å². The summed E-state index contributed by atoms with van der Waals surface area (Å²) in [5.74, 6) is -0.790. The first-order chi connectivity index (χ1) is 8.95. The molecule has 0 spiro atoms. The number of hydrogen-bond donors (Lipinski definition) is 1. The van der Waals surface area contributed by atoms with E-state index in [4.69, 9.17) is 4.74 Å². The molecule has 0 aliphatic carbocycles. The van der Waals surface area contributed by atoms with Gasteiger partial charge in [0.25, 0.3) is 5.91 Å². The highest BCUT2D eigenvalue weighted by Gasteiger charge is 2.18. The lowest BCUT2D eigenvalue weighted by atomic mass is 10.2. The van der Waals surface area contributed by atoms with E-state index in [-0.39, 0.29) is 5.91 Å². The van der Waals surface area contributed by atoms with Crippen molar-refractivity contribution in [3.63, 3.8) is 0 Å². The number of ether oxygens (including phenoxy) is 1. The van der Waals surface area contributed by atoms with Crippen LogP contribution in [0.25, 0.3) is 0 Å². The molecule has 5 nitrogen and oxygen atoms in total. The SMILES string of the molecule is CCNC(=O)[C@H](C)OC(=O)c1cccc(N(C)C)c1. The predicted octanol–water partition coefficient (Wildman–Crippen LogP) is 1.43. The van der Waals surface area contributed by atoms with Crippen molar-refractivity contribution >= 4 is 17.6 Å². The van der Waals surface area contributed by atoms with Crippen LogP contribution in [0.5, 0.6) is 0 Å². The number of carbonyl (C=O) groups is 2. The third-order valence-corrected chi connectivity index (χ3v) is 2.60. The lowest BCUT2D eigenvalue weighted by molar-refractivity contribution is -0.128. The van der Waals surface area contributed by atoms with Gasteiger partial charge in [-0.25, -0.2) is 4.79 Å². The lowest BCUT2D eigenvalue weighted by Crippen LogP contribution is -2.35. The molecule has 1 amide bonds. The van der Waals surface area contributed by atoms with Gasteiger partial charge in [0.05, 0.1) is 5.56 Å². The average molecular weight is 264 g/mol. The molecule has 1 aromatic rings. The van der Waals surface area contributed by atoms with E-state index in [1.165, 1.54) is 0 Å². The second-order valence-electron chi connectivity index (χ2n) is 4.39. The average Bonchev–Trinajstić information content (AvgIpc) is 2.39. The van der Waals surface area contributed by atoms with Crippen molar-refractivity contribution in [2.45, 2.75) is 20.0 Å². The molecule has 0 aliphatic rings. The Labute approximate surface area is 113 Å². The molecule has 5 heteroatoms. The third kappa shape index (κ3) is 4.28. The van der Waals surface area contributed by atoms with Gasteiger partial charge in [-0.15, -0.1) is 0 Å². The van der Waals surface area contributed by atoms with Gasteiger partial charge in [0.1, 0.15) is 0 Å². The minimum atomic E-state index is -0.796.